The number of amides is 3. The van der Waals surface area contributed by atoms with Gasteiger partial charge in [0.2, 0.25) is 0 Å². The number of ether oxygens (including phenoxy) is 4. The molecule has 1 unspecified atom stereocenters. The predicted octanol–water partition coefficient (Wildman–Crippen LogP) is -0.266. The zero-order valence-electron chi connectivity index (χ0n) is 18.0. The zero-order chi connectivity index (χ0) is 23.6. The van der Waals surface area contributed by atoms with Gasteiger partial charge >= 0.3 is 12.2 Å². The van der Waals surface area contributed by atoms with Crippen LogP contribution in [0.15, 0.2) is 0 Å². The van der Waals surface area contributed by atoms with E-state index in [1.165, 1.54) is 0 Å². The van der Waals surface area contributed by atoms with Gasteiger partial charge in [-0.05, 0) is 19.3 Å². The van der Waals surface area contributed by atoms with Crippen molar-refractivity contribution >= 4 is 24.1 Å². The molecule has 0 radical (unpaired) electrons. The highest BCUT2D eigenvalue weighted by Crippen LogP contribution is 2.12. The molecule has 0 saturated carbocycles. The van der Waals surface area contributed by atoms with Crippen molar-refractivity contribution in [2.45, 2.75) is 32.1 Å². The van der Waals surface area contributed by atoms with Crippen LogP contribution in [0.3, 0.4) is 0 Å². The quantitative estimate of drug-likeness (QED) is 0.147. The number of nitrogens with one attached hydrogen (secondary N) is 1. The second-order valence-electron chi connectivity index (χ2n) is 6.79. The molecule has 1 rings (SSSR count). The van der Waals surface area contributed by atoms with Gasteiger partial charge in [-0.1, -0.05) is 5.06 Å². The summed E-state index contributed by atoms with van der Waals surface area (Å²) in [6.07, 6.45) is -0.326. The topological polar surface area (TPSA) is 170 Å². The van der Waals surface area contributed by atoms with Gasteiger partial charge in [-0.2, -0.15) is 0 Å². The van der Waals surface area contributed by atoms with Gasteiger partial charge in [0.15, 0.2) is 0 Å². The van der Waals surface area contributed by atoms with E-state index in [1.54, 1.807) is 0 Å². The van der Waals surface area contributed by atoms with E-state index >= 15 is 0 Å². The standard InChI is InChI=1S/C19H32N2O11/c22-7-2-10-29-13-15(5-8-23)14-31-18(26)20-6-1-9-28-11-12-30-19(27)32-21-16(24)3-4-17(21)25/h15,22-23H,1-14H2,(H,20,26). The summed E-state index contributed by atoms with van der Waals surface area (Å²) in [5, 5.41) is 20.7. The average Bonchev–Trinajstić information content (AvgIpc) is 3.08. The minimum Gasteiger partial charge on any atom is -0.449 e. The molecule has 13 nitrogen and oxygen atoms in total. The molecule has 0 bridgehead atoms. The number of hydrogen-bond donors (Lipinski definition) is 3. The lowest BCUT2D eigenvalue weighted by Crippen LogP contribution is -2.32. The Morgan fingerprint density at radius 2 is 1.62 bits per heavy atom. The van der Waals surface area contributed by atoms with Crippen LogP contribution < -0.4 is 5.32 Å². The maximum Gasteiger partial charge on any atom is 0.534 e. The number of aliphatic hydroxyl groups is 2. The van der Waals surface area contributed by atoms with E-state index in [2.05, 4.69) is 10.2 Å². The molecule has 0 aliphatic carbocycles. The molecule has 32 heavy (non-hydrogen) atoms. The van der Waals surface area contributed by atoms with Gasteiger partial charge < -0.3 is 34.5 Å². The van der Waals surface area contributed by atoms with E-state index < -0.39 is 24.1 Å². The van der Waals surface area contributed by atoms with Crippen molar-refractivity contribution in [1.29, 1.82) is 0 Å². The first kappa shape index (κ1) is 27.6. The molecule has 3 amide bonds. The molecule has 1 fully saturated rings. The maximum absolute atomic E-state index is 11.7. The first-order chi connectivity index (χ1) is 15.5. The Balaban J connectivity index is 1.99. The summed E-state index contributed by atoms with van der Waals surface area (Å²) in [5.41, 5.74) is 0. The lowest BCUT2D eigenvalue weighted by molar-refractivity contribution is -0.177. The SMILES string of the molecule is O=C(NCCCOCCOC(=O)ON1C(=O)CCC1=O)OCC(CCO)COCCCO. The molecule has 1 atom stereocenters. The van der Waals surface area contributed by atoms with Gasteiger partial charge in [-0.15, -0.1) is 0 Å². The van der Waals surface area contributed by atoms with E-state index in [9.17, 15) is 19.2 Å². The molecule has 1 heterocycles. The van der Waals surface area contributed by atoms with Gasteiger partial charge in [0.1, 0.15) is 6.61 Å². The normalized spacial score (nSPS) is 14.4. The Morgan fingerprint density at radius 1 is 0.906 bits per heavy atom. The minimum atomic E-state index is -1.17. The van der Waals surface area contributed by atoms with E-state index in [0.717, 1.165) is 0 Å². The Labute approximate surface area is 185 Å². The first-order valence-corrected chi connectivity index (χ1v) is 10.5. The summed E-state index contributed by atoms with van der Waals surface area (Å²) in [5.74, 6) is -1.32. The second-order valence-corrected chi connectivity index (χ2v) is 6.79. The smallest absolute Gasteiger partial charge is 0.449 e. The molecule has 0 aromatic heterocycles. The van der Waals surface area contributed by atoms with E-state index in [1.807, 2.05) is 0 Å². The molecule has 0 aromatic rings. The Kier molecular flexibility index (Phi) is 14.7. The summed E-state index contributed by atoms with van der Waals surface area (Å²) < 4.78 is 20.4. The molecule has 1 saturated heterocycles. The number of hydroxylamine groups is 2. The van der Waals surface area contributed by atoms with Crippen molar-refractivity contribution < 1.29 is 53.2 Å². The molecule has 3 N–H and O–H groups in total. The fourth-order valence-electron chi connectivity index (χ4n) is 2.47. The van der Waals surface area contributed by atoms with Crippen LogP contribution in [0, 0.1) is 5.92 Å². The van der Waals surface area contributed by atoms with E-state index in [4.69, 9.17) is 29.2 Å². The van der Waals surface area contributed by atoms with Crippen LogP contribution in [0.4, 0.5) is 9.59 Å². The molecule has 1 aliphatic heterocycles. The second kappa shape index (κ2) is 17.1. The van der Waals surface area contributed by atoms with Gasteiger partial charge in [-0.3, -0.25) is 14.4 Å². The maximum atomic E-state index is 11.7. The molecule has 184 valence electrons. The molecular weight excluding hydrogens is 432 g/mol. The first-order valence-electron chi connectivity index (χ1n) is 10.5. The van der Waals surface area contributed by atoms with Crippen LogP contribution in [0.25, 0.3) is 0 Å². The number of nitrogens with zero attached hydrogens (tertiary/aromatic N) is 1. The van der Waals surface area contributed by atoms with Crippen molar-refractivity contribution in [3.8, 4) is 0 Å². The van der Waals surface area contributed by atoms with Crippen LogP contribution >= 0.6 is 0 Å². The summed E-state index contributed by atoms with van der Waals surface area (Å²) in [4.78, 5) is 50.2. The zero-order valence-corrected chi connectivity index (χ0v) is 18.0. The third-order valence-electron chi connectivity index (χ3n) is 4.14. The summed E-state index contributed by atoms with van der Waals surface area (Å²) in [7, 11) is 0. The summed E-state index contributed by atoms with van der Waals surface area (Å²) in [6.45, 7) is 1.34. The fourth-order valence-corrected chi connectivity index (χ4v) is 2.47. The van der Waals surface area contributed by atoms with Gasteiger partial charge in [0.25, 0.3) is 11.8 Å². The minimum absolute atomic E-state index is 0.000114. The third-order valence-corrected chi connectivity index (χ3v) is 4.14. The van der Waals surface area contributed by atoms with Gasteiger partial charge in [0, 0.05) is 51.7 Å². The monoisotopic (exact) mass is 464 g/mol. The fraction of sp³-hybridized carbons (Fsp3) is 0.789. The number of hydrogen-bond acceptors (Lipinski definition) is 11. The average molecular weight is 464 g/mol. The Bertz CT molecular complexity index is 572. The van der Waals surface area contributed by atoms with E-state index in [0.29, 0.717) is 44.1 Å². The highest BCUT2D eigenvalue weighted by Gasteiger charge is 2.33. The summed E-state index contributed by atoms with van der Waals surface area (Å²) in [6, 6.07) is 0. The molecular formula is C19H32N2O11. The van der Waals surface area contributed by atoms with Crippen molar-refractivity contribution in [3.63, 3.8) is 0 Å². The molecule has 13 heteroatoms. The number of imide groups is 1. The Morgan fingerprint density at radius 3 is 2.31 bits per heavy atom. The van der Waals surface area contributed by atoms with Gasteiger partial charge in [0.05, 0.1) is 19.8 Å². The van der Waals surface area contributed by atoms with Crippen molar-refractivity contribution in [1.82, 2.24) is 10.4 Å². The number of carbonyl (C=O) groups excluding carboxylic acids is 4. The lowest BCUT2D eigenvalue weighted by atomic mass is 10.1. The highest BCUT2D eigenvalue weighted by atomic mass is 16.8. The van der Waals surface area contributed by atoms with Crippen molar-refractivity contribution in [3.05, 3.63) is 0 Å². The van der Waals surface area contributed by atoms with Crippen molar-refractivity contribution in [2.75, 3.05) is 59.4 Å². The van der Waals surface area contributed by atoms with Crippen LogP contribution in [0.5, 0.6) is 0 Å². The number of carbonyl (C=O) groups is 4. The molecule has 0 spiro atoms. The van der Waals surface area contributed by atoms with Crippen LogP contribution in [0.1, 0.15) is 32.1 Å². The van der Waals surface area contributed by atoms with Crippen LogP contribution in [0.2, 0.25) is 0 Å². The predicted molar refractivity (Wildman–Crippen MR) is 106 cm³/mol. The summed E-state index contributed by atoms with van der Waals surface area (Å²) >= 11 is 0. The number of rotatable bonds is 17. The Hall–Kier alpha value is -2.48. The molecule has 0 aromatic carbocycles. The largest absolute Gasteiger partial charge is 0.534 e. The van der Waals surface area contributed by atoms with Crippen LogP contribution in [-0.4, -0.2) is 98.7 Å². The highest BCUT2D eigenvalue weighted by molar-refractivity contribution is 6.01. The molecule has 1 aliphatic rings. The van der Waals surface area contributed by atoms with Crippen LogP contribution in [-0.2, 0) is 33.4 Å². The van der Waals surface area contributed by atoms with Crippen molar-refractivity contribution in [2.24, 2.45) is 5.92 Å². The van der Waals surface area contributed by atoms with Gasteiger partial charge in [-0.25, -0.2) is 9.59 Å². The third kappa shape index (κ3) is 12.4. The number of alkyl carbamates (subject to hydrolysis) is 1. The lowest BCUT2D eigenvalue weighted by Gasteiger charge is -2.16. The number of aliphatic hydroxyl groups excluding tert-OH is 2. The van der Waals surface area contributed by atoms with E-state index in [-0.39, 0.29) is 58.4 Å².